The predicted octanol–water partition coefficient (Wildman–Crippen LogP) is 1.61. The highest BCUT2D eigenvalue weighted by atomic mass is 79.9. The average Bonchev–Trinajstić information content (AvgIpc) is 2.20. The van der Waals surface area contributed by atoms with Crippen LogP contribution in [0.5, 0.6) is 0 Å². The first-order chi connectivity index (χ1) is 7.17. The highest BCUT2D eigenvalue weighted by molar-refractivity contribution is 9.09. The van der Waals surface area contributed by atoms with Crippen LogP contribution in [0.4, 0.5) is 0 Å². The molecule has 0 heterocycles. The van der Waals surface area contributed by atoms with Crippen molar-refractivity contribution in [3.63, 3.8) is 0 Å². The zero-order valence-electron chi connectivity index (χ0n) is 7.94. The lowest BCUT2D eigenvalue weighted by Crippen LogP contribution is -1.95. The molecule has 3 nitrogen and oxygen atoms in total. The van der Waals surface area contributed by atoms with E-state index < -0.39 is 10.7 Å². The van der Waals surface area contributed by atoms with E-state index in [9.17, 15) is 8.42 Å². The molecule has 0 aliphatic rings. The number of hydrogen-bond donors (Lipinski definition) is 1. The van der Waals surface area contributed by atoms with Crippen molar-refractivity contribution < 1.29 is 8.42 Å². The highest BCUT2D eigenvalue weighted by Gasteiger charge is 2.04. The van der Waals surface area contributed by atoms with Crippen molar-refractivity contribution in [1.29, 1.82) is 5.26 Å². The molecule has 0 fully saturated rings. The van der Waals surface area contributed by atoms with Gasteiger partial charge in [0.15, 0.2) is 0 Å². The van der Waals surface area contributed by atoms with Crippen LogP contribution in [-0.2, 0) is 22.9 Å². The van der Waals surface area contributed by atoms with Crippen LogP contribution in [0.2, 0.25) is 0 Å². The van der Waals surface area contributed by atoms with Crippen LogP contribution < -0.4 is 0 Å². The van der Waals surface area contributed by atoms with Crippen molar-refractivity contribution in [3.05, 3.63) is 34.9 Å². The summed E-state index contributed by atoms with van der Waals surface area (Å²) >= 11 is 3.31. The van der Waals surface area contributed by atoms with Crippen LogP contribution in [0.25, 0.3) is 0 Å². The van der Waals surface area contributed by atoms with Gasteiger partial charge in [0.1, 0.15) is 10.7 Å². The molecular weight excluding hydrogens is 278 g/mol. The Morgan fingerprint density at radius 3 is 2.67 bits per heavy atom. The largest absolute Gasteiger partial charge is 0.232 e. The molecule has 80 valence electrons. The van der Waals surface area contributed by atoms with E-state index in [0.29, 0.717) is 11.1 Å². The molecule has 0 spiro atoms. The lowest BCUT2D eigenvalue weighted by Gasteiger charge is -2.02. The van der Waals surface area contributed by atoms with Crippen LogP contribution in [0, 0.1) is 11.3 Å². The number of halogens is 1. The van der Waals surface area contributed by atoms with Gasteiger partial charge in [0.05, 0.1) is 17.4 Å². The fourth-order valence-corrected chi connectivity index (χ4v) is 2.28. The molecule has 5 heteroatoms. The summed E-state index contributed by atoms with van der Waals surface area (Å²) in [7, 11) is -2.48. The molecule has 15 heavy (non-hydrogen) atoms. The third kappa shape index (κ3) is 3.65. The molecule has 0 N–H and O–H groups in total. The molecule has 0 aliphatic carbocycles. The van der Waals surface area contributed by atoms with E-state index in [0.717, 1.165) is 17.3 Å². The van der Waals surface area contributed by atoms with Crippen LogP contribution in [-0.4, -0.2) is 13.7 Å². The van der Waals surface area contributed by atoms with Crippen molar-refractivity contribution in [2.75, 3.05) is 5.33 Å². The predicted molar refractivity (Wildman–Crippen MR) is 62.7 cm³/mol. The molecule has 0 radical (unpaired) electrons. The van der Waals surface area contributed by atoms with Gasteiger partial charge in [-0.2, -0.15) is 5.26 Å². The first-order valence-electron chi connectivity index (χ1n) is 4.37. The number of benzene rings is 1. The van der Waals surface area contributed by atoms with E-state index in [1.54, 1.807) is 12.1 Å². The fraction of sp³-hybridized carbons (Fsp3) is 0.300. The first-order valence-corrected chi connectivity index (χ1v) is 6.85. The summed E-state index contributed by atoms with van der Waals surface area (Å²) in [4.78, 5) is 0. The number of rotatable bonds is 4. The zero-order chi connectivity index (χ0) is 11.3. The Morgan fingerprint density at radius 2 is 2.13 bits per heavy atom. The molecule has 1 aromatic carbocycles. The molecule has 0 saturated heterocycles. The monoisotopic (exact) mass is 287 g/mol. The Labute approximate surface area is 98.8 Å². The second kappa shape index (κ2) is 5.89. The number of aryl methyl sites for hydroxylation is 1. The highest BCUT2D eigenvalue weighted by Crippen LogP contribution is 2.13. The standard InChI is InChI=1S/C10H10BrNO2S/c11-4-3-8-1-2-9(7-15(13)14)10(5-8)6-12/h1-2,5,15H,3-4,7H2. The molecule has 0 saturated carbocycles. The molecule has 0 aromatic heterocycles. The van der Waals surface area contributed by atoms with Gasteiger partial charge in [-0.15, -0.1) is 0 Å². The van der Waals surface area contributed by atoms with Crippen LogP contribution >= 0.6 is 15.9 Å². The van der Waals surface area contributed by atoms with E-state index in [-0.39, 0.29) is 5.75 Å². The summed E-state index contributed by atoms with van der Waals surface area (Å²) in [5.74, 6) is -0.0627. The molecule has 0 bridgehead atoms. The molecule has 0 aliphatic heterocycles. The number of nitriles is 1. The Balaban J connectivity index is 3.04. The summed E-state index contributed by atoms with van der Waals surface area (Å²) in [6.07, 6.45) is 0.832. The summed E-state index contributed by atoms with van der Waals surface area (Å²) in [6, 6.07) is 7.33. The molecule has 0 unspecified atom stereocenters. The van der Waals surface area contributed by atoms with Gasteiger partial charge in [-0.1, -0.05) is 28.1 Å². The summed E-state index contributed by atoms with van der Waals surface area (Å²) < 4.78 is 21.1. The minimum Gasteiger partial charge on any atom is -0.232 e. The van der Waals surface area contributed by atoms with Gasteiger partial charge >= 0.3 is 0 Å². The maximum atomic E-state index is 10.6. The van der Waals surface area contributed by atoms with E-state index in [4.69, 9.17) is 5.26 Å². The van der Waals surface area contributed by atoms with Crippen LogP contribution in [0.1, 0.15) is 16.7 Å². The van der Waals surface area contributed by atoms with Crippen molar-refractivity contribution in [1.82, 2.24) is 0 Å². The van der Waals surface area contributed by atoms with Gasteiger partial charge in [-0.05, 0) is 23.6 Å². The SMILES string of the molecule is N#Cc1cc(CCBr)ccc1C[SH](=O)=O. The molecule has 1 rings (SSSR count). The maximum absolute atomic E-state index is 10.6. The van der Waals surface area contributed by atoms with E-state index in [1.807, 2.05) is 12.1 Å². The Morgan fingerprint density at radius 1 is 1.40 bits per heavy atom. The molecule has 0 atom stereocenters. The minimum absolute atomic E-state index is 0.0627. The Bertz CT molecular complexity index is 455. The van der Waals surface area contributed by atoms with Gasteiger partial charge in [0, 0.05) is 5.33 Å². The van der Waals surface area contributed by atoms with Crippen LogP contribution in [0.3, 0.4) is 0 Å². The Hall–Kier alpha value is -0.860. The van der Waals surface area contributed by atoms with Crippen molar-refractivity contribution in [3.8, 4) is 6.07 Å². The fourth-order valence-electron chi connectivity index (χ4n) is 1.27. The summed E-state index contributed by atoms with van der Waals surface area (Å²) in [5.41, 5.74) is 2.06. The smallest absolute Gasteiger partial charge is 0.144 e. The van der Waals surface area contributed by atoms with Gasteiger partial charge in [0.25, 0.3) is 0 Å². The lowest BCUT2D eigenvalue weighted by atomic mass is 10.0. The zero-order valence-corrected chi connectivity index (χ0v) is 10.4. The normalized spacial score (nSPS) is 10.2. The number of nitrogens with zero attached hydrogens (tertiary/aromatic N) is 1. The van der Waals surface area contributed by atoms with E-state index in [2.05, 4.69) is 15.9 Å². The quantitative estimate of drug-likeness (QED) is 0.676. The second-order valence-corrected chi connectivity index (χ2v) is 4.81. The third-order valence-corrected chi connectivity index (χ3v) is 2.97. The number of hydrogen-bond acceptors (Lipinski definition) is 3. The van der Waals surface area contributed by atoms with Gasteiger partial charge < -0.3 is 0 Å². The lowest BCUT2D eigenvalue weighted by molar-refractivity contribution is 0.614. The molecular formula is C10H10BrNO2S. The maximum Gasteiger partial charge on any atom is 0.144 e. The topological polar surface area (TPSA) is 57.9 Å². The third-order valence-electron chi connectivity index (χ3n) is 1.98. The molecule has 1 aromatic rings. The Kier molecular flexibility index (Phi) is 4.79. The van der Waals surface area contributed by atoms with Gasteiger partial charge in [-0.3, -0.25) is 0 Å². The van der Waals surface area contributed by atoms with Gasteiger partial charge in [0.2, 0.25) is 0 Å². The van der Waals surface area contributed by atoms with E-state index >= 15 is 0 Å². The van der Waals surface area contributed by atoms with E-state index in [1.165, 1.54) is 0 Å². The number of thiol groups is 1. The van der Waals surface area contributed by atoms with Crippen molar-refractivity contribution >= 4 is 26.6 Å². The van der Waals surface area contributed by atoms with Crippen LogP contribution in [0.15, 0.2) is 18.2 Å². The minimum atomic E-state index is -2.48. The molecule has 0 amide bonds. The van der Waals surface area contributed by atoms with Gasteiger partial charge in [-0.25, -0.2) is 8.42 Å². The first kappa shape index (κ1) is 12.2. The number of alkyl halides is 1. The van der Waals surface area contributed by atoms with Crippen molar-refractivity contribution in [2.45, 2.75) is 12.2 Å². The summed E-state index contributed by atoms with van der Waals surface area (Å²) in [6.45, 7) is 0. The average molecular weight is 288 g/mol. The van der Waals surface area contributed by atoms with Crippen molar-refractivity contribution in [2.24, 2.45) is 0 Å². The summed E-state index contributed by atoms with van der Waals surface area (Å²) in [5, 5.41) is 9.69. The second-order valence-electron chi connectivity index (χ2n) is 3.03.